The predicted octanol–water partition coefficient (Wildman–Crippen LogP) is 4.47. The fourth-order valence-electron chi connectivity index (χ4n) is 5.37. The molecule has 41 heavy (non-hydrogen) atoms. The summed E-state index contributed by atoms with van der Waals surface area (Å²) < 4.78 is 11.1. The van der Waals surface area contributed by atoms with Gasteiger partial charge in [-0.3, -0.25) is 24.7 Å². The highest BCUT2D eigenvalue weighted by Gasteiger charge is 2.52. The molecule has 230 valence electrons. The van der Waals surface area contributed by atoms with Gasteiger partial charge in [0.05, 0.1) is 5.92 Å². The molecule has 1 aromatic carbocycles. The fraction of sp³-hybridized carbons (Fsp3) is 0.677. The SMILES string of the molecule is CCC(CC)C[C@H](NC(C)=O)[C@H]1[C@H](C(=O)NNC(=O)OC(C)(C)C)C[C@H](C(=O)OC(C)(C)C)N1Cc1ccccc1. The van der Waals surface area contributed by atoms with E-state index >= 15 is 0 Å². The van der Waals surface area contributed by atoms with Crippen LogP contribution < -0.4 is 16.2 Å². The van der Waals surface area contributed by atoms with E-state index in [1.807, 2.05) is 35.2 Å². The third-order valence-corrected chi connectivity index (χ3v) is 7.13. The maximum atomic E-state index is 13.7. The van der Waals surface area contributed by atoms with E-state index in [2.05, 4.69) is 30.0 Å². The molecule has 0 radical (unpaired) electrons. The quantitative estimate of drug-likeness (QED) is 0.278. The molecule has 4 atom stereocenters. The van der Waals surface area contributed by atoms with Crippen molar-refractivity contribution in [2.24, 2.45) is 11.8 Å². The second kappa shape index (κ2) is 14.7. The molecule has 1 aliphatic rings. The molecule has 3 N–H and O–H groups in total. The van der Waals surface area contributed by atoms with Crippen LogP contribution in [0, 0.1) is 11.8 Å². The summed E-state index contributed by atoms with van der Waals surface area (Å²) in [6.45, 7) is 16.6. The lowest BCUT2D eigenvalue weighted by molar-refractivity contribution is -0.161. The molecule has 3 amide bonds. The van der Waals surface area contributed by atoms with Crippen molar-refractivity contribution in [1.29, 1.82) is 0 Å². The van der Waals surface area contributed by atoms with Crippen LogP contribution in [0.1, 0.15) is 93.6 Å². The van der Waals surface area contributed by atoms with E-state index in [1.165, 1.54) is 6.92 Å². The van der Waals surface area contributed by atoms with Crippen LogP contribution in [0.2, 0.25) is 0 Å². The number of benzene rings is 1. The van der Waals surface area contributed by atoms with Gasteiger partial charge >= 0.3 is 12.1 Å². The minimum absolute atomic E-state index is 0.160. The van der Waals surface area contributed by atoms with Crippen molar-refractivity contribution in [3.05, 3.63) is 35.9 Å². The lowest BCUT2D eigenvalue weighted by atomic mass is 9.85. The van der Waals surface area contributed by atoms with E-state index in [4.69, 9.17) is 9.47 Å². The van der Waals surface area contributed by atoms with E-state index in [9.17, 15) is 19.2 Å². The van der Waals surface area contributed by atoms with Crippen LogP contribution >= 0.6 is 0 Å². The Bertz CT molecular complexity index is 1030. The molecule has 10 heteroatoms. The van der Waals surface area contributed by atoms with Gasteiger partial charge in [0.1, 0.15) is 17.2 Å². The highest BCUT2D eigenvalue weighted by molar-refractivity contribution is 5.85. The second-order valence-corrected chi connectivity index (χ2v) is 12.9. The summed E-state index contributed by atoms with van der Waals surface area (Å²) in [5.74, 6) is -1.55. The number of nitrogens with one attached hydrogen (secondary N) is 3. The number of ether oxygens (including phenoxy) is 2. The van der Waals surface area contributed by atoms with E-state index in [1.54, 1.807) is 41.5 Å². The maximum absolute atomic E-state index is 13.7. The Morgan fingerprint density at radius 1 is 0.927 bits per heavy atom. The zero-order chi connectivity index (χ0) is 31.0. The average molecular weight is 575 g/mol. The highest BCUT2D eigenvalue weighted by atomic mass is 16.6. The van der Waals surface area contributed by atoms with Crippen molar-refractivity contribution < 1.29 is 28.7 Å². The Labute approximate surface area is 245 Å². The molecule has 10 nitrogen and oxygen atoms in total. The van der Waals surface area contributed by atoms with Crippen molar-refractivity contribution >= 4 is 23.9 Å². The summed E-state index contributed by atoms with van der Waals surface area (Å²) in [5, 5.41) is 3.10. The first-order valence-electron chi connectivity index (χ1n) is 14.6. The van der Waals surface area contributed by atoms with Crippen LogP contribution in [-0.2, 0) is 30.4 Å². The Morgan fingerprint density at radius 2 is 1.51 bits per heavy atom. The number of likely N-dealkylation sites (tertiary alicyclic amines) is 1. The average Bonchev–Trinajstić information content (AvgIpc) is 3.22. The Kier molecular flexibility index (Phi) is 12.2. The molecule has 0 spiro atoms. The fourth-order valence-corrected chi connectivity index (χ4v) is 5.37. The number of hydrogen-bond acceptors (Lipinski definition) is 7. The zero-order valence-electron chi connectivity index (χ0n) is 26.2. The lowest BCUT2D eigenvalue weighted by Gasteiger charge is -2.38. The van der Waals surface area contributed by atoms with Gasteiger partial charge in [-0.2, -0.15) is 0 Å². The summed E-state index contributed by atoms with van der Waals surface area (Å²) in [5.41, 5.74) is 4.34. The summed E-state index contributed by atoms with van der Waals surface area (Å²) in [7, 11) is 0. The summed E-state index contributed by atoms with van der Waals surface area (Å²) in [4.78, 5) is 54.1. The molecule has 0 aliphatic carbocycles. The minimum atomic E-state index is -0.791. The molecular formula is C31H50N4O6. The smallest absolute Gasteiger partial charge is 0.426 e. The molecule has 0 bridgehead atoms. The second-order valence-electron chi connectivity index (χ2n) is 12.9. The molecule has 0 aromatic heterocycles. The minimum Gasteiger partial charge on any atom is -0.459 e. The lowest BCUT2D eigenvalue weighted by Crippen LogP contribution is -2.57. The van der Waals surface area contributed by atoms with E-state index < -0.39 is 53.2 Å². The van der Waals surface area contributed by atoms with Crippen molar-refractivity contribution in [2.75, 3.05) is 0 Å². The number of esters is 1. The third-order valence-electron chi connectivity index (χ3n) is 7.13. The van der Waals surface area contributed by atoms with Gasteiger partial charge in [0.2, 0.25) is 11.8 Å². The third kappa shape index (κ3) is 11.0. The standard InChI is InChI=1S/C31H50N4O6/c1-10-21(11-2)17-24(32-20(3)36)26-23(27(37)33-34-29(39)41-31(7,8)9)18-25(28(38)40-30(4,5)6)35(26)19-22-15-13-12-14-16-22/h12-16,21,23-26H,10-11,17-19H2,1-9H3,(H,32,36)(H,33,37)(H,34,39)/t23-,24+,25-,26-/m1/s1. The number of amides is 3. The van der Waals surface area contributed by atoms with Gasteiger partial charge in [0, 0.05) is 25.6 Å². The highest BCUT2D eigenvalue weighted by Crippen LogP contribution is 2.37. The summed E-state index contributed by atoms with van der Waals surface area (Å²) >= 11 is 0. The normalized spacial score (nSPS) is 20.3. The van der Waals surface area contributed by atoms with Gasteiger partial charge < -0.3 is 14.8 Å². The van der Waals surface area contributed by atoms with Crippen LogP contribution in [0.4, 0.5) is 4.79 Å². The molecular weight excluding hydrogens is 524 g/mol. The van der Waals surface area contributed by atoms with Crippen molar-refractivity contribution in [1.82, 2.24) is 21.1 Å². The Morgan fingerprint density at radius 3 is 2.02 bits per heavy atom. The Hall–Kier alpha value is -3.14. The number of hydrazine groups is 1. The maximum Gasteiger partial charge on any atom is 0.426 e. The molecule has 2 rings (SSSR count). The van der Waals surface area contributed by atoms with Crippen LogP contribution in [-0.4, -0.2) is 58.1 Å². The first-order valence-corrected chi connectivity index (χ1v) is 14.6. The largest absolute Gasteiger partial charge is 0.459 e. The van der Waals surface area contributed by atoms with Crippen molar-refractivity contribution in [3.8, 4) is 0 Å². The summed E-state index contributed by atoms with van der Waals surface area (Å²) in [6.07, 6.45) is 1.82. The zero-order valence-corrected chi connectivity index (χ0v) is 26.2. The van der Waals surface area contributed by atoms with Gasteiger partial charge in [-0.15, -0.1) is 0 Å². The first-order chi connectivity index (χ1) is 19.0. The van der Waals surface area contributed by atoms with Crippen LogP contribution in [0.15, 0.2) is 30.3 Å². The topological polar surface area (TPSA) is 126 Å². The molecule has 0 saturated carbocycles. The molecule has 1 fully saturated rings. The monoisotopic (exact) mass is 574 g/mol. The molecule has 1 aliphatic heterocycles. The molecule has 1 saturated heterocycles. The number of nitrogens with zero attached hydrogens (tertiary/aromatic N) is 1. The molecule has 1 aromatic rings. The van der Waals surface area contributed by atoms with Crippen LogP contribution in [0.3, 0.4) is 0 Å². The molecule has 0 unspecified atom stereocenters. The van der Waals surface area contributed by atoms with Gasteiger partial charge in [0.15, 0.2) is 0 Å². The van der Waals surface area contributed by atoms with Crippen LogP contribution in [0.5, 0.6) is 0 Å². The van der Waals surface area contributed by atoms with Gasteiger partial charge in [-0.25, -0.2) is 10.2 Å². The number of hydrogen-bond donors (Lipinski definition) is 3. The van der Waals surface area contributed by atoms with Crippen molar-refractivity contribution in [3.63, 3.8) is 0 Å². The number of carbonyl (C=O) groups excluding carboxylic acids is 4. The van der Waals surface area contributed by atoms with E-state index in [0.717, 1.165) is 18.4 Å². The van der Waals surface area contributed by atoms with E-state index in [0.29, 0.717) is 18.9 Å². The molecule has 1 heterocycles. The van der Waals surface area contributed by atoms with Gasteiger partial charge in [-0.05, 0) is 65.9 Å². The Balaban J connectivity index is 2.55. The van der Waals surface area contributed by atoms with Crippen molar-refractivity contribution in [2.45, 2.75) is 124 Å². The van der Waals surface area contributed by atoms with Gasteiger partial charge in [0.25, 0.3) is 0 Å². The van der Waals surface area contributed by atoms with E-state index in [-0.39, 0.29) is 12.3 Å². The predicted molar refractivity (Wildman–Crippen MR) is 157 cm³/mol. The van der Waals surface area contributed by atoms with Crippen LogP contribution in [0.25, 0.3) is 0 Å². The summed E-state index contributed by atoms with van der Waals surface area (Å²) in [6, 6.07) is 7.99. The first kappa shape index (κ1) is 34.1. The number of rotatable bonds is 10. The van der Waals surface area contributed by atoms with Gasteiger partial charge in [-0.1, -0.05) is 57.0 Å². The number of carbonyl (C=O) groups is 4.